The number of hydrogen-bond donors (Lipinski definition) is 2. The Labute approximate surface area is 242 Å². The highest BCUT2D eigenvalue weighted by molar-refractivity contribution is 5.89. The van der Waals surface area contributed by atoms with Crippen LogP contribution in [0.15, 0.2) is 70.2 Å². The van der Waals surface area contributed by atoms with Crippen LogP contribution in [0.3, 0.4) is 0 Å². The van der Waals surface area contributed by atoms with Crippen molar-refractivity contribution >= 4 is 23.2 Å². The molecule has 4 aromatic rings. The molecule has 1 fully saturated rings. The van der Waals surface area contributed by atoms with Gasteiger partial charge in [0.2, 0.25) is 23.5 Å². The Hall–Kier alpha value is -4.80. The van der Waals surface area contributed by atoms with Gasteiger partial charge in [0.25, 0.3) is 5.56 Å². The molecule has 2 N–H and O–H groups in total. The number of amides is 2. The molecule has 4 atom stereocenters. The average molecular weight is 566 g/mol. The molecule has 1 saturated heterocycles. The Bertz CT molecular complexity index is 1720. The second-order valence-electron chi connectivity index (χ2n) is 11.4. The number of piperidine rings is 1. The summed E-state index contributed by atoms with van der Waals surface area (Å²) in [5.74, 6) is 0.694. The van der Waals surface area contributed by atoms with E-state index in [9.17, 15) is 14.4 Å². The van der Waals surface area contributed by atoms with Gasteiger partial charge in [-0.2, -0.15) is 4.98 Å². The number of carbonyl (C=O) groups is 2. The highest BCUT2D eigenvalue weighted by Crippen LogP contribution is 2.48. The van der Waals surface area contributed by atoms with Gasteiger partial charge in [0.05, 0.1) is 5.92 Å². The normalized spacial score (nSPS) is 22.0. The van der Waals surface area contributed by atoms with E-state index in [1.165, 1.54) is 6.92 Å². The van der Waals surface area contributed by atoms with Crippen molar-refractivity contribution in [2.75, 3.05) is 23.3 Å². The van der Waals surface area contributed by atoms with Crippen LogP contribution < -0.4 is 21.1 Å². The van der Waals surface area contributed by atoms with Crippen molar-refractivity contribution in [3.8, 4) is 11.4 Å². The predicted octanol–water partition coefficient (Wildman–Crippen LogP) is 2.78. The predicted molar refractivity (Wildman–Crippen MR) is 155 cm³/mol. The van der Waals surface area contributed by atoms with Gasteiger partial charge in [0.15, 0.2) is 0 Å². The minimum absolute atomic E-state index is 0.0121. The highest BCUT2D eigenvalue weighted by Gasteiger charge is 2.49. The number of nitrogens with zero attached hydrogens (tertiary/aromatic N) is 5. The van der Waals surface area contributed by atoms with E-state index >= 15 is 0 Å². The summed E-state index contributed by atoms with van der Waals surface area (Å²) in [6.45, 7) is 3.27. The minimum atomic E-state index is -0.355. The van der Waals surface area contributed by atoms with Gasteiger partial charge < -0.3 is 24.6 Å². The summed E-state index contributed by atoms with van der Waals surface area (Å²) in [5, 5.41) is 10.0. The van der Waals surface area contributed by atoms with Gasteiger partial charge >= 0.3 is 0 Å². The number of nitrogens with one attached hydrogen (secondary N) is 2. The van der Waals surface area contributed by atoms with E-state index in [2.05, 4.69) is 36.7 Å². The maximum absolute atomic E-state index is 13.9. The number of hydrogen-bond acceptors (Lipinski definition) is 8. The minimum Gasteiger partial charge on any atom is -0.366 e. The second-order valence-corrected chi connectivity index (χ2v) is 11.4. The first-order chi connectivity index (χ1) is 20.4. The van der Waals surface area contributed by atoms with Gasteiger partial charge in [-0.15, -0.1) is 0 Å². The van der Waals surface area contributed by atoms with Gasteiger partial charge in [-0.05, 0) is 60.7 Å². The summed E-state index contributed by atoms with van der Waals surface area (Å²) in [6.07, 6.45) is 5.22. The van der Waals surface area contributed by atoms with Crippen LogP contribution in [0.5, 0.6) is 0 Å². The SMILES string of the molecule is CC(=O)Nc1ccc2c(c1)CC(C(=O)NCCc1nc(-c3cccnc3)no1)C1C3CC(CN21)Cn1c3cccc1=O. The largest absolute Gasteiger partial charge is 0.366 e. The van der Waals surface area contributed by atoms with Gasteiger partial charge in [-0.1, -0.05) is 11.2 Å². The summed E-state index contributed by atoms with van der Waals surface area (Å²) in [4.78, 5) is 49.4. The fraction of sp³-hybridized carbons (Fsp3) is 0.355. The van der Waals surface area contributed by atoms with Crippen molar-refractivity contribution in [1.82, 2.24) is 25.0 Å². The molecule has 3 aliphatic heterocycles. The van der Waals surface area contributed by atoms with E-state index in [0.717, 1.165) is 35.5 Å². The molecular formula is C31H31N7O4. The van der Waals surface area contributed by atoms with Crippen molar-refractivity contribution in [3.05, 3.63) is 88.4 Å². The zero-order chi connectivity index (χ0) is 28.8. The lowest BCUT2D eigenvalue weighted by Crippen LogP contribution is -2.60. The molecule has 2 bridgehead atoms. The first-order valence-electron chi connectivity index (χ1n) is 14.3. The third kappa shape index (κ3) is 4.74. The van der Waals surface area contributed by atoms with E-state index in [1.54, 1.807) is 18.5 Å². The number of carbonyl (C=O) groups excluding carboxylic acids is 2. The number of aromatic nitrogens is 4. The van der Waals surface area contributed by atoms with Crippen LogP contribution in [0.2, 0.25) is 0 Å². The van der Waals surface area contributed by atoms with E-state index in [4.69, 9.17) is 4.52 Å². The summed E-state index contributed by atoms with van der Waals surface area (Å²) >= 11 is 0. The monoisotopic (exact) mass is 565 g/mol. The Kier molecular flexibility index (Phi) is 6.56. The molecule has 3 aliphatic rings. The first kappa shape index (κ1) is 26.1. The Morgan fingerprint density at radius 1 is 1.12 bits per heavy atom. The molecule has 1 aromatic carbocycles. The molecule has 0 spiro atoms. The molecule has 0 radical (unpaired) electrons. The van der Waals surface area contributed by atoms with Gasteiger partial charge in [0, 0.05) is 86.0 Å². The maximum atomic E-state index is 13.9. The number of rotatable bonds is 6. The molecule has 11 heteroatoms. The molecule has 6 heterocycles. The fourth-order valence-corrected chi connectivity index (χ4v) is 7.00. The quantitative estimate of drug-likeness (QED) is 0.364. The summed E-state index contributed by atoms with van der Waals surface area (Å²) in [5.41, 5.74) is 4.61. The molecule has 42 heavy (non-hydrogen) atoms. The molecule has 3 aromatic heterocycles. The van der Waals surface area contributed by atoms with Crippen LogP contribution in [-0.4, -0.2) is 50.6 Å². The third-order valence-corrected chi connectivity index (χ3v) is 8.64. The van der Waals surface area contributed by atoms with E-state index in [0.29, 0.717) is 49.3 Å². The molecule has 214 valence electrons. The maximum Gasteiger partial charge on any atom is 0.250 e. The molecule has 11 nitrogen and oxygen atoms in total. The average Bonchev–Trinajstić information content (AvgIpc) is 3.46. The van der Waals surface area contributed by atoms with Crippen LogP contribution >= 0.6 is 0 Å². The van der Waals surface area contributed by atoms with Crippen LogP contribution in [0.4, 0.5) is 11.4 Å². The van der Waals surface area contributed by atoms with Crippen LogP contribution in [0.25, 0.3) is 11.4 Å². The summed E-state index contributed by atoms with van der Waals surface area (Å²) in [6, 6.07) is 15.0. The molecule has 4 unspecified atom stereocenters. The number of anilines is 2. The lowest BCUT2D eigenvalue weighted by atomic mass is 9.69. The zero-order valence-electron chi connectivity index (χ0n) is 23.2. The fourth-order valence-electron chi connectivity index (χ4n) is 7.00. The Balaban J connectivity index is 1.16. The second kappa shape index (κ2) is 10.6. The van der Waals surface area contributed by atoms with Crippen molar-refractivity contribution in [1.29, 1.82) is 0 Å². The molecule has 2 amide bonds. The number of pyridine rings is 2. The number of benzene rings is 1. The van der Waals surface area contributed by atoms with Gasteiger partial charge in [-0.3, -0.25) is 19.4 Å². The molecule has 7 rings (SSSR count). The van der Waals surface area contributed by atoms with Crippen LogP contribution in [0.1, 0.15) is 36.4 Å². The lowest BCUT2D eigenvalue weighted by molar-refractivity contribution is -0.126. The van der Waals surface area contributed by atoms with Crippen LogP contribution in [-0.2, 0) is 29.0 Å². The standard InChI is InChI=1S/C31H31N7O4/c1-18(39)34-22-7-8-25-21(13-22)14-24(29-23-12-19(17-38(25)29)16-37-26(23)5-2-6-28(37)40)31(41)33-11-9-27-35-30(36-42-27)20-4-3-10-32-15-20/h2-8,10,13,15,19,23-24,29H,9,11-12,14,16-17H2,1H3,(H,33,41)(H,34,39). The van der Waals surface area contributed by atoms with Gasteiger partial charge in [-0.25, -0.2) is 0 Å². The molecule has 0 saturated carbocycles. The Morgan fingerprint density at radius 3 is 2.86 bits per heavy atom. The highest BCUT2D eigenvalue weighted by atomic mass is 16.5. The lowest BCUT2D eigenvalue weighted by Gasteiger charge is -2.54. The zero-order valence-corrected chi connectivity index (χ0v) is 23.2. The molecular weight excluding hydrogens is 534 g/mol. The van der Waals surface area contributed by atoms with Crippen molar-refractivity contribution < 1.29 is 14.1 Å². The van der Waals surface area contributed by atoms with Crippen LogP contribution in [0, 0.1) is 11.8 Å². The van der Waals surface area contributed by atoms with Crippen molar-refractivity contribution in [2.24, 2.45) is 11.8 Å². The van der Waals surface area contributed by atoms with E-state index in [-0.39, 0.29) is 35.3 Å². The first-order valence-corrected chi connectivity index (χ1v) is 14.3. The van der Waals surface area contributed by atoms with E-state index < -0.39 is 0 Å². The number of fused-ring (bicyclic) bond motifs is 8. The van der Waals surface area contributed by atoms with Crippen molar-refractivity contribution in [2.45, 2.75) is 44.7 Å². The van der Waals surface area contributed by atoms with Crippen molar-refractivity contribution in [3.63, 3.8) is 0 Å². The smallest absolute Gasteiger partial charge is 0.250 e. The summed E-state index contributed by atoms with van der Waals surface area (Å²) in [7, 11) is 0. The van der Waals surface area contributed by atoms with Gasteiger partial charge in [0.1, 0.15) is 0 Å². The van der Waals surface area contributed by atoms with E-state index in [1.807, 2.05) is 41.0 Å². The Morgan fingerprint density at radius 2 is 2.02 bits per heavy atom. The third-order valence-electron chi connectivity index (χ3n) is 8.64. The summed E-state index contributed by atoms with van der Waals surface area (Å²) < 4.78 is 7.31. The topological polar surface area (TPSA) is 135 Å². The molecule has 0 aliphatic carbocycles.